The molecule has 1 aromatic carbocycles. The van der Waals surface area contributed by atoms with Gasteiger partial charge in [-0.2, -0.15) is 0 Å². The van der Waals surface area contributed by atoms with E-state index in [1.54, 1.807) is 18.3 Å². The zero-order valence-corrected chi connectivity index (χ0v) is 18.0. The number of aromatic nitrogens is 1. The Morgan fingerprint density at radius 3 is 2.41 bits per heavy atom. The molecule has 0 spiro atoms. The first-order valence-electron chi connectivity index (χ1n) is 10.5. The average molecular weight is 438 g/mol. The summed E-state index contributed by atoms with van der Waals surface area (Å²) in [6.07, 6.45) is 1.33. The number of amides is 3. The van der Waals surface area contributed by atoms with Crippen LogP contribution in [0.3, 0.4) is 0 Å². The third kappa shape index (κ3) is 4.87. The van der Waals surface area contributed by atoms with Crippen LogP contribution in [0.1, 0.15) is 22.1 Å². The number of hydrogen-bond acceptors (Lipinski definition) is 7. The smallest absolute Gasteiger partial charge is 0.256 e. The van der Waals surface area contributed by atoms with E-state index in [2.05, 4.69) is 20.5 Å². The predicted molar refractivity (Wildman–Crippen MR) is 120 cm³/mol. The zero-order chi connectivity index (χ0) is 22.7. The first-order valence-corrected chi connectivity index (χ1v) is 10.5. The van der Waals surface area contributed by atoms with Crippen LogP contribution < -0.4 is 21.3 Å². The Balaban J connectivity index is 1.32. The quantitative estimate of drug-likeness (QED) is 0.581. The SMILES string of the molecule is CN1c2ncccc2C(=O)N[C@H]1c1ccc(NC(=O)CN2CCN(CC(N)=O)CC2)cc1. The Labute approximate surface area is 186 Å². The van der Waals surface area contributed by atoms with Crippen LogP contribution in [-0.2, 0) is 9.59 Å². The summed E-state index contributed by atoms with van der Waals surface area (Å²) in [5.41, 5.74) is 7.36. The van der Waals surface area contributed by atoms with Crippen LogP contribution in [0, 0.1) is 0 Å². The van der Waals surface area contributed by atoms with Gasteiger partial charge in [0.15, 0.2) is 0 Å². The van der Waals surface area contributed by atoms with Gasteiger partial charge >= 0.3 is 0 Å². The van der Waals surface area contributed by atoms with Crippen molar-refractivity contribution in [1.29, 1.82) is 0 Å². The van der Waals surface area contributed by atoms with Crippen LogP contribution in [0.15, 0.2) is 42.6 Å². The Hall–Kier alpha value is -3.50. The van der Waals surface area contributed by atoms with Crippen molar-refractivity contribution in [2.45, 2.75) is 6.17 Å². The van der Waals surface area contributed by atoms with Crippen LogP contribution in [0.25, 0.3) is 0 Å². The summed E-state index contributed by atoms with van der Waals surface area (Å²) >= 11 is 0. The molecule has 0 aliphatic carbocycles. The Morgan fingerprint density at radius 2 is 1.75 bits per heavy atom. The summed E-state index contributed by atoms with van der Waals surface area (Å²) in [4.78, 5) is 46.2. The van der Waals surface area contributed by atoms with Gasteiger partial charge in [-0.25, -0.2) is 4.98 Å². The Bertz CT molecular complexity index is 1000. The highest BCUT2D eigenvalue weighted by Gasteiger charge is 2.30. The summed E-state index contributed by atoms with van der Waals surface area (Å²) in [6, 6.07) is 10.9. The maximum Gasteiger partial charge on any atom is 0.256 e. The van der Waals surface area contributed by atoms with Crippen molar-refractivity contribution in [2.75, 3.05) is 56.5 Å². The molecule has 3 amide bonds. The lowest BCUT2D eigenvalue weighted by molar-refractivity contribution is -0.121. The molecule has 4 N–H and O–H groups in total. The highest BCUT2D eigenvalue weighted by molar-refractivity contribution is 6.01. The van der Waals surface area contributed by atoms with Gasteiger partial charge in [0.05, 0.1) is 18.7 Å². The van der Waals surface area contributed by atoms with Crippen molar-refractivity contribution in [3.63, 3.8) is 0 Å². The lowest BCUT2D eigenvalue weighted by atomic mass is 10.1. The predicted octanol–water partition coefficient (Wildman–Crippen LogP) is 0.00140. The topological polar surface area (TPSA) is 124 Å². The lowest BCUT2D eigenvalue weighted by Crippen LogP contribution is -2.50. The molecule has 4 rings (SSSR count). The van der Waals surface area contributed by atoms with Crippen LogP contribution in [-0.4, -0.2) is 78.8 Å². The fourth-order valence-electron chi connectivity index (χ4n) is 4.06. The van der Waals surface area contributed by atoms with Crippen molar-refractivity contribution in [2.24, 2.45) is 5.73 Å². The molecule has 10 nitrogen and oxygen atoms in total. The molecule has 32 heavy (non-hydrogen) atoms. The molecule has 0 radical (unpaired) electrons. The standard InChI is InChI=1S/C22H27N7O3/c1-27-20(26-22(32)17-3-2-8-24-21(17)27)15-4-6-16(7-5-15)25-19(31)14-29-11-9-28(10-12-29)13-18(23)30/h2-8,20H,9-14H2,1H3,(H2,23,30)(H,25,31)(H,26,32)/t20-/m1/s1. The number of nitrogens with zero attached hydrogens (tertiary/aromatic N) is 4. The fraction of sp³-hybridized carbons (Fsp3) is 0.364. The van der Waals surface area contributed by atoms with E-state index < -0.39 is 0 Å². The van der Waals surface area contributed by atoms with Crippen molar-refractivity contribution >= 4 is 29.2 Å². The van der Waals surface area contributed by atoms with Crippen molar-refractivity contribution in [3.05, 3.63) is 53.7 Å². The number of pyridine rings is 1. The van der Waals surface area contributed by atoms with E-state index in [-0.39, 0.29) is 37.0 Å². The number of piperazine rings is 1. The molecule has 1 fully saturated rings. The summed E-state index contributed by atoms with van der Waals surface area (Å²) in [6.45, 7) is 3.39. The summed E-state index contributed by atoms with van der Waals surface area (Å²) in [7, 11) is 1.88. The monoisotopic (exact) mass is 437 g/mol. The second kappa shape index (κ2) is 9.33. The number of anilines is 2. The molecule has 2 aliphatic heterocycles. The summed E-state index contributed by atoms with van der Waals surface area (Å²) in [5.74, 6) is 0.0421. The fourth-order valence-corrected chi connectivity index (χ4v) is 4.06. The molecule has 3 heterocycles. The number of rotatable bonds is 6. The molecule has 0 unspecified atom stereocenters. The van der Waals surface area contributed by atoms with Crippen molar-refractivity contribution < 1.29 is 14.4 Å². The average Bonchev–Trinajstić information content (AvgIpc) is 2.78. The molecule has 1 aromatic heterocycles. The summed E-state index contributed by atoms with van der Waals surface area (Å²) in [5, 5.41) is 5.91. The molecule has 2 aromatic rings. The molecule has 0 bridgehead atoms. The van der Waals surface area contributed by atoms with Gasteiger partial charge in [-0.3, -0.25) is 24.2 Å². The third-order valence-corrected chi connectivity index (χ3v) is 5.74. The summed E-state index contributed by atoms with van der Waals surface area (Å²) < 4.78 is 0. The van der Waals surface area contributed by atoms with E-state index in [0.29, 0.717) is 43.2 Å². The van der Waals surface area contributed by atoms with E-state index in [1.165, 1.54) is 0 Å². The minimum absolute atomic E-state index is 0.0951. The van der Waals surface area contributed by atoms with E-state index >= 15 is 0 Å². The van der Waals surface area contributed by atoms with Crippen LogP contribution >= 0.6 is 0 Å². The molecule has 1 atom stereocenters. The molecule has 168 valence electrons. The van der Waals surface area contributed by atoms with Gasteiger partial charge in [-0.1, -0.05) is 12.1 Å². The molecular weight excluding hydrogens is 410 g/mol. The second-order valence-corrected chi connectivity index (χ2v) is 8.05. The van der Waals surface area contributed by atoms with Gasteiger partial charge in [0.2, 0.25) is 11.8 Å². The first-order chi connectivity index (χ1) is 15.4. The Morgan fingerprint density at radius 1 is 1.09 bits per heavy atom. The number of primary amides is 1. The number of benzene rings is 1. The van der Waals surface area contributed by atoms with Gasteiger partial charge in [0.25, 0.3) is 5.91 Å². The van der Waals surface area contributed by atoms with Crippen LogP contribution in [0.2, 0.25) is 0 Å². The van der Waals surface area contributed by atoms with Gasteiger partial charge in [0, 0.05) is 45.1 Å². The van der Waals surface area contributed by atoms with Crippen LogP contribution in [0.4, 0.5) is 11.5 Å². The molecule has 0 saturated carbocycles. The first kappa shape index (κ1) is 21.7. The largest absolute Gasteiger partial charge is 0.369 e. The zero-order valence-electron chi connectivity index (χ0n) is 18.0. The minimum atomic E-state index is -0.341. The van der Waals surface area contributed by atoms with Gasteiger partial charge in [-0.05, 0) is 29.8 Å². The van der Waals surface area contributed by atoms with E-state index in [9.17, 15) is 14.4 Å². The normalized spacial score (nSPS) is 19.2. The number of nitrogens with one attached hydrogen (secondary N) is 2. The van der Waals surface area contributed by atoms with Gasteiger partial charge in [-0.15, -0.1) is 0 Å². The van der Waals surface area contributed by atoms with Crippen LogP contribution in [0.5, 0.6) is 0 Å². The molecule has 10 heteroatoms. The molecular formula is C22H27N7O3. The Kier molecular flexibility index (Phi) is 6.33. The number of fused-ring (bicyclic) bond motifs is 1. The third-order valence-electron chi connectivity index (χ3n) is 5.74. The molecule has 2 aliphatic rings. The second-order valence-electron chi connectivity index (χ2n) is 8.05. The van der Waals surface area contributed by atoms with Gasteiger partial charge < -0.3 is 21.3 Å². The maximum atomic E-state index is 12.4. The van der Waals surface area contributed by atoms with Crippen molar-refractivity contribution in [3.8, 4) is 0 Å². The highest BCUT2D eigenvalue weighted by Crippen LogP contribution is 2.30. The number of hydrogen-bond donors (Lipinski definition) is 3. The van der Waals surface area contributed by atoms with E-state index in [0.717, 1.165) is 5.56 Å². The van der Waals surface area contributed by atoms with E-state index in [1.807, 2.05) is 41.1 Å². The molecule has 1 saturated heterocycles. The van der Waals surface area contributed by atoms with Crippen molar-refractivity contribution in [1.82, 2.24) is 20.1 Å². The number of carbonyl (C=O) groups excluding carboxylic acids is 3. The minimum Gasteiger partial charge on any atom is -0.369 e. The van der Waals surface area contributed by atoms with E-state index in [4.69, 9.17) is 5.73 Å². The highest BCUT2D eigenvalue weighted by atomic mass is 16.2. The van der Waals surface area contributed by atoms with Gasteiger partial charge in [0.1, 0.15) is 12.0 Å². The number of carbonyl (C=O) groups is 3. The lowest BCUT2D eigenvalue weighted by Gasteiger charge is -2.35. The number of nitrogens with two attached hydrogens (primary N) is 1. The maximum absolute atomic E-state index is 12.4.